The highest BCUT2D eigenvalue weighted by Crippen LogP contribution is 2.56. The molecule has 0 N–H and O–H groups in total. The summed E-state index contributed by atoms with van der Waals surface area (Å²) >= 11 is 1.34. The van der Waals surface area contributed by atoms with Crippen LogP contribution in [-0.4, -0.2) is 67.5 Å². The van der Waals surface area contributed by atoms with Crippen molar-refractivity contribution in [2.45, 2.75) is 22.6 Å². The van der Waals surface area contributed by atoms with Crippen LogP contribution in [0.2, 0.25) is 0 Å². The number of esters is 1. The Morgan fingerprint density at radius 2 is 1.76 bits per heavy atom. The highest BCUT2D eigenvalue weighted by Gasteiger charge is 2.58. The van der Waals surface area contributed by atoms with Crippen LogP contribution in [0, 0.1) is 0 Å². The Morgan fingerprint density at radius 1 is 1.03 bits per heavy atom. The minimum atomic E-state index is -1.10. The van der Waals surface area contributed by atoms with Crippen molar-refractivity contribution in [1.29, 1.82) is 0 Å². The first-order valence-electron chi connectivity index (χ1n) is 11.0. The Morgan fingerprint density at radius 3 is 2.48 bits per heavy atom. The van der Waals surface area contributed by atoms with Gasteiger partial charge in [0.25, 0.3) is 5.91 Å². The van der Waals surface area contributed by atoms with Gasteiger partial charge in [-0.3, -0.25) is 14.5 Å². The molecule has 1 atom stereocenters. The third-order valence-electron chi connectivity index (χ3n) is 6.39. The summed E-state index contributed by atoms with van der Waals surface area (Å²) < 4.78 is 10.7. The van der Waals surface area contributed by atoms with E-state index in [4.69, 9.17) is 9.47 Å². The van der Waals surface area contributed by atoms with Crippen molar-refractivity contribution >= 4 is 40.9 Å². The first-order valence-corrected chi connectivity index (χ1v) is 11.8. The van der Waals surface area contributed by atoms with Crippen LogP contribution in [0.4, 0.5) is 11.4 Å². The molecule has 2 aromatic carbocycles. The fourth-order valence-electron chi connectivity index (χ4n) is 4.61. The number of carbonyl (C=O) groups excluding carboxylic acids is 3. The lowest BCUT2D eigenvalue weighted by molar-refractivity contribution is -0.154. The number of hydrogen-bond donors (Lipinski definition) is 0. The zero-order valence-corrected chi connectivity index (χ0v) is 19.2. The lowest BCUT2D eigenvalue weighted by Crippen LogP contribution is -2.51. The number of amides is 2. The summed E-state index contributed by atoms with van der Waals surface area (Å²) in [5.41, 5.74) is 1.82. The number of ether oxygens (including phenoxy) is 2. The Labute approximate surface area is 196 Å². The lowest BCUT2D eigenvalue weighted by Gasteiger charge is -2.36. The molecular formula is C24H25N3O5S. The zero-order valence-electron chi connectivity index (χ0n) is 18.4. The first kappa shape index (κ1) is 21.6. The van der Waals surface area contributed by atoms with Crippen LogP contribution in [0.15, 0.2) is 53.4 Å². The standard InChI is InChI=1S/C24H25N3O5S/c1-31-18-8-6-17(7-9-18)25-12-14-26(15-13-25)22(29)16-32-23(30)24-11-10-21(28)27(24)19-4-2-3-5-20(19)33-24/h2-9H,10-16H2,1H3. The summed E-state index contributed by atoms with van der Waals surface area (Å²) in [7, 11) is 1.64. The average Bonchev–Trinajstić information content (AvgIpc) is 3.38. The predicted molar refractivity (Wildman–Crippen MR) is 124 cm³/mol. The van der Waals surface area contributed by atoms with Gasteiger partial charge in [0.15, 0.2) is 11.5 Å². The van der Waals surface area contributed by atoms with E-state index in [9.17, 15) is 14.4 Å². The van der Waals surface area contributed by atoms with Crippen molar-refractivity contribution in [3.63, 3.8) is 0 Å². The van der Waals surface area contributed by atoms with Crippen LogP contribution in [0.3, 0.4) is 0 Å². The van der Waals surface area contributed by atoms with E-state index in [1.807, 2.05) is 48.5 Å². The maximum atomic E-state index is 13.1. The molecule has 0 saturated carbocycles. The molecule has 0 radical (unpaired) electrons. The van der Waals surface area contributed by atoms with E-state index in [0.29, 0.717) is 32.6 Å². The van der Waals surface area contributed by atoms with E-state index in [0.717, 1.165) is 22.0 Å². The molecule has 3 aliphatic rings. The van der Waals surface area contributed by atoms with Gasteiger partial charge in [0, 0.05) is 49.6 Å². The van der Waals surface area contributed by atoms with Gasteiger partial charge < -0.3 is 19.3 Å². The van der Waals surface area contributed by atoms with Crippen LogP contribution in [0.1, 0.15) is 12.8 Å². The Balaban J connectivity index is 1.17. The molecule has 8 nitrogen and oxygen atoms in total. The van der Waals surface area contributed by atoms with E-state index in [1.165, 1.54) is 11.8 Å². The number of fused-ring (bicyclic) bond motifs is 3. The molecule has 172 valence electrons. The van der Waals surface area contributed by atoms with Gasteiger partial charge in [-0.1, -0.05) is 23.9 Å². The number of nitrogens with zero attached hydrogens (tertiary/aromatic N) is 3. The SMILES string of the molecule is COc1ccc(N2CCN(C(=O)COC(=O)C34CCC(=O)N3c3ccccc3S4)CC2)cc1. The molecule has 2 amide bonds. The molecule has 33 heavy (non-hydrogen) atoms. The molecule has 2 saturated heterocycles. The summed E-state index contributed by atoms with van der Waals surface area (Å²) in [5.74, 6) is -0.0319. The number of thioether (sulfide) groups is 1. The fraction of sp³-hybridized carbons (Fsp3) is 0.375. The van der Waals surface area contributed by atoms with Gasteiger partial charge in [-0.15, -0.1) is 0 Å². The van der Waals surface area contributed by atoms with Crippen LogP contribution < -0.4 is 14.5 Å². The maximum absolute atomic E-state index is 13.1. The number of carbonyl (C=O) groups is 3. The van der Waals surface area contributed by atoms with Gasteiger partial charge in [0.2, 0.25) is 5.91 Å². The van der Waals surface area contributed by atoms with Gasteiger partial charge in [0.05, 0.1) is 12.8 Å². The molecule has 0 aromatic heterocycles. The molecular weight excluding hydrogens is 442 g/mol. The molecule has 3 heterocycles. The lowest BCUT2D eigenvalue weighted by atomic mass is 10.2. The average molecular weight is 468 g/mol. The molecule has 2 fully saturated rings. The van der Waals surface area contributed by atoms with Crippen molar-refractivity contribution in [3.8, 4) is 5.75 Å². The summed E-state index contributed by atoms with van der Waals surface area (Å²) in [6.45, 7) is 2.19. The van der Waals surface area contributed by atoms with Gasteiger partial charge in [0.1, 0.15) is 5.75 Å². The smallest absolute Gasteiger partial charge is 0.344 e. The molecule has 0 spiro atoms. The maximum Gasteiger partial charge on any atom is 0.344 e. The molecule has 1 unspecified atom stereocenters. The topological polar surface area (TPSA) is 79.4 Å². The number of hydrogen-bond acceptors (Lipinski definition) is 7. The third-order valence-corrected chi connectivity index (χ3v) is 7.85. The van der Waals surface area contributed by atoms with Crippen molar-refractivity contribution in [2.75, 3.05) is 49.7 Å². The van der Waals surface area contributed by atoms with Gasteiger partial charge in [-0.05, 0) is 36.4 Å². The molecule has 3 aliphatic heterocycles. The van der Waals surface area contributed by atoms with E-state index in [-0.39, 0.29) is 24.8 Å². The number of benzene rings is 2. The van der Waals surface area contributed by atoms with Gasteiger partial charge in [-0.25, -0.2) is 4.79 Å². The number of methoxy groups -OCH3 is 1. The molecule has 0 aliphatic carbocycles. The number of anilines is 2. The van der Waals surface area contributed by atoms with Crippen molar-refractivity contribution in [2.24, 2.45) is 0 Å². The Kier molecular flexibility index (Phi) is 5.65. The second-order valence-electron chi connectivity index (χ2n) is 8.23. The first-order chi connectivity index (χ1) is 16.0. The summed E-state index contributed by atoms with van der Waals surface area (Å²) in [6, 6.07) is 15.3. The molecule has 2 aromatic rings. The van der Waals surface area contributed by atoms with E-state index in [2.05, 4.69) is 4.90 Å². The second-order valence-corrected chi connectivity index (χ2v) is 9.54. The largest absolute Gasteiger partial charge is 0.497 e. The Bertz CT molecular complexity index is 1080. The molecule has 0 bridgehead atoms. The monoisotopic (exact) mass is 467 g/mol. The summed E-state index contributed by atoms with van der Waals surface area (Å²) in [6.07, 6.45) is 0.663. The van der Waals surface area contributed by atoms with Crippen molar-refractivity contribution in [3.05, 3.63) is 48.5 Å². The minimum absolute atomic E-state index is 0.0922. The quantitative estimate of drug-likeness (QED) is 0.625. The number of para-hydroxylation sites is 1. The van der Waals surface area contributed by atoms with Gasteiger partial charge in [-0.2, -0.15) is 0 Å². The predicted octanol–water partition coefficient (Wildman–Crippen LogP) is 2.52. The normalized spacial score (nSPS) is 21.6. The zero-order chi connectivity index (χ0) is 23.0. The summed E-state index contributed by atoms with van der Waals surface area (Å²) in [4.78, 5) is 43.6. The molecule has 5 rings (SSSR count). The van der Waals surface area contributed by atoms with Crippen LogP contribution in [0.5, 0.6) is 5.75 Å². The highest BCUT2D eigenvalue weighted by molar-refractivity contribution is 8.02. The van der Waals surface area contributed by atoms with Crippen LogP contribution in [0.25, 0.3) is 0 Å². The van der Waals surface area contributed by atoms with Gasteiger partial charge >= 0.3 is 5.97 Å². The number of piperazine rings is 1. The highest BCUT2D eigenvalue weighted by atomic mass is 32.2. The van der Waals surface area contributed by atoms with E-state index >= 15 is 0 Å². The van der Waals surface area contributed by atoms with E-state index in [1.54, 1.807) is 16.9 Å². The summed E-state index contributed by atoms with van der Waals surface area (Å²) in [5, 5.41) is 0. The fourth-order valence-corrected chi connectivity index (χ4v) is 6.02. The van der Waals surface area contributed by atoms with Crippen LogP contribution >= 0.6 is 11.8 Å². The van der Waals surface area contributed by atoms with Crippen molar-refractivity contribution in [1.82, 2.24) is 4.90 Å². The van der Waals surface area contributed by atoms with Crippen molar-refractivity contribution < 1.29 is 23.9 Å². The number of rotatable bonds is 5. The molecule has 9 heteroatoms. The van der Waals surface area contributed by atoms with Crippen LogP contribution in [-0.2, 0) is 19.1 Å². The third kappa shape index (κ3) is 3.80. The Hall–Kier alpha value is -3.20. The second kappa shape index (κ2) is 8.62. The minimum Gasteiger partial charge on any atom is -0.497 e. The van der Waals surface area contributed by atoms with E-state index < -0.39 is 10.8 Å².